The molecular weight excluding hydrogens is 383 g/mol. The van der Waals surface area contributed by atoms with E-state index in [1.165, 1.54) is 12.3 Å². The Morgan fingerprint density at radius 1 is 1.28 bits per heavy atom. The van der Waals surface area contributed by atoms with Crippen LogP contribution in [0.15, 0.2) is 12.3 Å². The van der Waals surface area contributed by atoms with Crippen molar-refractivity contribution in [2.24, 2.45) is 0 Å². The van der Waals surface area contributed by atoms with Crippen LogP contribution in [-0.4, -0.2) is 46.0 Å². The smallest absolute Gasteiger partial charge is 0.226 e. The van der Waals surface area contributed by atoms with Crippen LogP contribution >= 0.6 is 11.6 Å². The first-order valence-electron chi connectivity index (χ1n) is 6.99. The third kappa shape index (κ3) is 3.62. The molecule has 0 amide bonds. The fourth-order valence-corrected chi connectivity index (χ4v) is 3.19. The van der Waals surface area contributed by atoms with Crippen LogP contribution in [0.4, 0.5) is 13.2 Å². The minimum atomic E-state index is -4.99. The molecule has 12 heteroatoms. The Hall–Kier alpha value is -1.72. The van der Waals surface area contributed by atoms with Crippen molar-refractivity contribution < 1.29 is 21.6 Å². The van der Waals surface area contributed by atoms with Crippen molar-refractivity contribution in [3.8, 4) is 11.3 Å². The first-order valence-corrected chi connectivity index (χ1v) is 8.77. The molecule has 0 atom stereocenters. The molecule has 2 rings (SSSR count). The van der Waals surface area contributed by atoms with Crippen molar-refractivity contribution in [3.05, 3.63) is 28.9 Å². The number of aromatic nitrogens is 4. The molecule has 0 aliphatic carbocycles. The molecule has 2 aromatic rings. The summed E-state index contributed by atoms with van der Waals surface area (Å²) in [5.74, 6) is -0.497. The second-order valence-electron chi connectivity index (χ2n) is 5.61. The molecule has 0 unspecified atom stereocenters. The van der Waals surface area contributed by atoms with Crippen molar-refractivity contribution in [2.45, 2.75) is 25.9 Å². The van der Waals surface area contributed by atoms with E-state index in [1.54, 1.807) is 13.8 Å². The van der Waals surface area contributed by atoms with E-state index in [9.17, 15) is 21.6 Å². The van der Waals surface area contributed by atoms with Crippen LogP contribution in [0.25, 0.3) is 11.3 Å². The molecule has 0 aliphatic rings. The zero-order valence-electron chi connectivity index (χ0n) is 13.7. The van der Waals surface area contributed by atoms with Gasteiger partial charge in [-0.2, -0.15) is 31.0 Å². The Kier molecular flexibility index (Phi) is 5.13. The first-order chi connectivity index (χ1) is 11.4. The average molecular weight is 398 g/mol. The number of rotatable bonds is 4. The zero-order valence-corrected chi connectivity index (χ0v) is 15.3. The highest BCUT2D eigenvalue weighted by Crippen LogP contribution is 2.41. The lowest BCUT2D eigenvalue weighted by molar-refractivity contribution is -0.141. The van der Waals surface area contributed by atoms with Gasteiger partial charge in [0.25, 0.3) is 0 Å². The molecule has 0 spiro atoms. The van der Waals surface area contributed by atoms with Gasteiger partial charge in [-0.05, 0) is 23.6 Å². The minimum Gasteiger partial charge on any atom is -0.226 e. The molecule has 0 bridgehead atoms. The quantitative estimate of drug-likeness (QED) is 0.741. The van der Waals surface area contributed by atoms with Gasteiger partial charge in [-0.15, -0.1) is 4.09 Å². The second-order valence-corrected chi connectivity index (χ2v) is 7.92. The number of hydrogen-bond acceptors (Lipinski definition) is 5. The highest BCUT2D eigenvalue weighted by Gasteiger charge is 2.44. The number of hydrogen-bond donors (Lipinski definition) is 0. The van der Waals surface area contributed by atoms with Crippen molar-refractivity contribution in [2.75, 3.05) is 14.1 Å². The SMILES string of the molecule is CC(C)c1nn(S(=O)(=O)N(C)C)c(C(F)(F)F)c1-c1ccnc(Cl)n1. The fraction of sp³-hybridized carbons (Fsp3) is 0.462. The lowest BCUT2D eigenvalue weighted by Gasteiger charge is -2.16. The Bertz CT molecular complexity index is 894. The maximum absolute atomic E-state index is 13.7. The second kappa shape index (κ2) is 6.54. The van der Waals surface area contributed by atoms with Gasteiger partial charge in [0.15, 0.2) is 5.69 Å². The van der Waals surface area contributed by atoms with E-state index in [1.807, 2.05) is 0 Å². The molecule has 0 radical (unpaired) electrons. The molecule has 2 aromatic heterocycles. The lowest BCUT2D eigenvalue weighted by atomic mass is 10.0. The summed E-state index contributed by atoms with van der Waals surface area (Å²) in [6.07, 6.45) is -3.80. The molecule has 0 N–H and O–H groups in total. The van der Waals surface area contributed by atoms with Gasteiger partial charge in [0.1, 0.15) is 0 Å². The molecule has 0 saturated carbocycles. The summed E-state index contributed by atoms with van der Waals surface area (Å²) in [4.78, 5) is 7.43. The monoisotopic (exact) mass is 397 g/mol. The summed E-state index contributed by atoms with van der Waals surface area (Å²) in [5, 5.41) is 3.48. The average Bonchev–Trinajstić information content (AvgIpc) is 2.88. The van der Waals surface area contributed by atoms with E-state index < -0.39 is 33.6 Å². The van der Waals surface area contributed by atoms with E-state index >= 15 is 0 Å². The van der Waals surface area contributed by atoms with Gasteiger partial charge in [-0.3, -0.25) is 0 Å². The van der Waals surface area contributed by atoms with Gasteiger partial charge < -0.3 is 0 Å². The van der Waals surface area contributed by atoms with Crippen LogP contribution in [0.5, 0.6) is 0 Å². The van der Waals surface area contributed by atoms with Gasteiger partial charge in [-0.25, -0.2) is 9.97 Å². The number of alkyl halides is 3. The van der Waals surface area contributed by atoms with Crippen molar-refractivity contribution in [3.63, 3.8) is 0 Å². The van der Waals surface area contributed by atoms with Gasteiger partial charge in [-0.1, -0.05) is 13.8 Å². The maximum Gasteiger partial charge on any atom is 0.435 e. The minimum absolute atomic E-state index is 0.00627. The maximum atomic E-state index is 13.7. The van der Waals surface area contributed by atoms with Crippen LogP contribution in [0.3, 0.4) is 0 Å². The van der Waals surface area contributed by atoms with Crippen molar-refractivity contribution >= 4 is 21.8 Å². The Labute approximate surface area is 147 Å². The molecule has 0 aliphatic heterocycles. The van der Waals surface area contributed by atoms with E-state index in [-0.39, 0.29) is 20.8 Å². The summed E-state index contributed by atoms with van der Waals surface area (Å²) < 4.78 is 66.6. The molecule has 25 heavy (non-hydrogen) atoms. The van der Waals surface area contributed by atoms with E-state index in [4.69, 9.17) is 11.6 Å². The molecule has 7 nitrogen and oxygen atoms in total. The van der Waals surface area contributed by atoms with Gasteiger partial charge in [0.05, 0.1) is 17.0 Å². The highest BCUT2D eigenvalue weighted by atomic mass is 35.5. The van der Waals surface area contributed by atoms with Gasteiger partial charge >= 0.3 is 16.4 Å². The first kappa shape index (κ1) is 19.6. The summed E-state index contributed by atoms with van der Waals surface area (Å²) in [6.45, 7) is 3.20. The van der Waals surface area contributed by atoms with Crippen LogP contribution in [-0.2, 0) is 16.4 Å². The normalized spacial score (nSPS) is 13.0. The fourth-order valence-electron chi connectivity index (χ4n) is 2.12. The summed E-state index contributed by atoms with van der Waals surface area (Å²) in [7, 11) is -2.26. The highest BCUT2D eigenvalue weighted by molar-refractivity contribution is 7.87. The van der Waals surface area contributed by atoms with Crippen molar-refractivity contribution in [1.29, 1.82) is 0 Å². The molecule has 0 fully saturated rings. The zero-order chi connectivity index (χ0) is 19.2. The predicted molar refractivity (Wildman–Crippen MR) is 85.4 cm³/mol. The number of nitrogens with zero attached hydrogens (tertiary/aromatic N) is 5. The van der Waals surface area contributed by atoms with E-state index in [0.717, 1.165) is 14.1 Å². The Morgan fingerprint density at radius 3 is 2.32 bits per heavy atom. The van der Waals surface area contributed by atoms with Crippen LogP contribution < -0.4 is 0 Å². The topological polar surface area (TPSA) is 81.0 Å². The van der Waals surface area contributed by atoms with Gasteiger partial charge in [0, 0.05) is 20.3 Å². The number of halogens is 4. The van der Waals surface area contributed by atoms with Gasteiger partial charge in [0.2, 0.25) is 5.28 Å². The Balaban J connectivity index is 2.97. The van der Waals surface area contributed by atoms with E-state index in [2.05, 4.69) is 15.1 Å². The molecule has 0 saturated heterocycles. The molecule has 0 aromatic carbocycles. The molecule has 2 heterocycles. The summed E-state index contributed by atoms with van der Waals surface area (Å²) >= 11 is 5.68. The van der Waals surface area contributed by atoms with Crippen molar-refractivity contribution in [1.82, 2.24) is 23.5 Å². The standard InChI is InChI=1S/C13H15ClF3N5O2S/c1-7(2)10-9(8-5-6-18-12(14)19-8)11(13(15,16)17)22(20-10)25(23,24)21(3)4/h5-7H,1-4H3. The lowest BCUT2D eigenvalue weighted by Crippen LogP contribution is -2.33. The Morgan fingerprint density at radius 2 is 1.88 bits per heavy atom. The van der Waals surface area contributed by atoms with E-state index in [0.29, 0.717) is 4.31 Å². The van der Waals surface area contributed by atoms with Crippen LogP contribution in [0.1, 0.15) is 31.2 Å². The third-order valence-corrected chi connectivity index (χ3v) is 5.07. The molecule has 138 valence electrons. The largest absolute Gasteiger partial charge is 0.435 e. The van der Waals surface area contributed by atoms with Crippen LogP contribution in [0, 0.1) is 0 Å². The molecular formula is C13H15ClF3N5O2S. The summed E-state index contributed by atoms with van der Waals surface area (Å²) in [5.41, 5.74) is -2.08. The predicted octanol–water partition coefficient (Wildman–Crippen LogP) is 2.79. The third-order valence-electron chi connectivity index (χ3n) is 3.26. The van der Waals surface area contributed by atoms with Crippen LogP contribution in [0.2, 0.25) is 5.28 Å². The summed E-state index contributed by atoms with van der Waals surface area (Å²) in [6, 6.07) is 1.22.